The molecule has 0 aliphatic carbocycles. The predicted molar refractivity (Wildman–Crippen MR) is 109 cm³/mol. The van der Waals surface area contributed by atoms with E-state index in [1.807, 2.05) is 31.2 Å². The Morgan fingerprint density at radius 3 is 2.54 bits per heavy atom. The molecule has 3 rings (SSSR count). The first-order chi connectivity index (χ1) is 13.4. The number of ether oxygens (including phenoxy) is 2. The third-order valence-corrected chi connectivity index (χ3v) is 5.57. The Labute approximate surface area is 171 Å². The van der Waals surface area contributed by atoms with E-state index in [4.69, 9.17) is 9.47 Å². The molecular formula is C19H18BrN3O4S. The molecule has 146 valence electrons. The van der Waals surface area contributed by atoms with Crippen molar-refractivity contribution in [3.05, 3.63) is 70.5 Å². The normalized spacial score (nSPS) is 11.1. The fraction of sp³-hybridized carbons (Fsp3) is 0.158. The van der Waals surface area contributed by atoms with Crippen LogP contribution in [0.3, 0.4) is 0 Å². The van der Waals surface area contributed by atoms with Gasteiger partial charge < -0.3 is 9.47 Å². The topological polar surface area (TPSA) is 90.4 Å². The minimum atomic E-state index is -3.83. The van der Waals surface area contributed by atoms with Crippen molar-refractivity contribution in [3.63, 3.8) is 0 Å². The quantitative estimate of drug-likeness (QED) is 0.570. The third-order valence-electron chi connectivity index (χ3n) is 3.83. The lowest BCUT2D eigenvalue weighted by Gasteiger charge is -2.13. The zero-order chi connectivity index (χ0) is 20.1. The van der Waals surface area contributed by atoms with Crippen LogP contribution in [0.5, 0.6) is 11.6 Å². The maximum atomic E-state index is 12.7. The summed E-state index contributed by atoms with van der Waals surface area (Å²) in [5, 5.41) is 0. The number of halogens is 1. The minimum absolute atomic E-state index is 0.00123. The first-order valence-electron chi connectivity index (χ1n) is 8.26. The van der Waals surface area contributed by atoms with E-state index in [-0.39, 0.29) is 23.2 Å². The first-order valence-corrected chi connectivity index (χ1v) is 10.5. The van der Waals surface area contributed by atoms with Crippen molar-refractivity contribution in [2.75, 3.05) is 11.8 Å². The zero-order valence-electron chi connectivity index (χ0n) is 15.2. The van der Waals surface area contributed by atoms with Crippen LogP contribution in [-0.2, 0) is 16.6 Å². The highest BCUT2D eigenvalue weighted by atomic mass is 79.9. The van der Waals surface area contributed by atoms with Crippen LogP contribution in [0.15, 0.2) is 64.2 Å². The molecule has 0 aliphatic rings. The molecule has 0 radical (unpaired) electrons. The van der Waals surface area contributed by atoms with Gasteiger partial charge in [-0.2, -0.15) is 0 Å². The summed E-state index contributed by atoms with van der Waals surface area (Å²) in [5.74, 6) is 0.710. The molecule has 0 aliphatic heterocycles. The SMILES string of the molecule is COc1ccccc1COc1nc(Br)cnc1NS(=O)(=O)c1ccc(C)cc1. The Morgan fingerprint density at radius 1 is 1.11 bits per heavy atom. The average molecular weight is 464 g/mol. The average Bonchev–Trinajstić information content (AvgIpc) is 2.68. The van der Waals surface area contributed by atoms with Crippen molar-refractivity contribution in [1.82, 2.24) is 9.97 Å². The van der Waals surface area contributed by atoms with Crippen LogP contribution >= 0.6 is 15.9 Å². The highest BCUT2D eigenvalue weighted by Gasteiger charge is 2.19. The molecule has 0 spiro atoms. The van der Waals surface area contributed by atoms with Crippen LogP contribution in [0, 0.1) is 6.92 Å². The van der Waals surface area contributed by atoms with Gasteiger partial charge in [0, 0.05) is 5.56 Å². The van der Waals surface area contributed by atoms with E-state index in [0.717, 1.165) is 11.1 Å². The van der Waals surface area contributed by atoms with Gasteiger partial charge >= 0.3 is 0 Å². The second-order valence-electron chi connectivity index (χ2n) is 5.87. The highest BCUT2D eigenvalue weighted by molar-refractivity contribution is 9.10. The van der Waals surface area contributed by atoms with E-state index in [2.05, 4.69) is 30.6 Å². The summed E-state index contributed by atoms with van der Waals surface area (Å²) in [7, 11) is -2.27. The molecule has 1 aromatic heterocycles. The lowest BCUT2D eigenvalue weighted by Crippen LogP contribution is -2.15. The fourth-order valence-electron chi connectivity index (χ4n) is 2.39. The Morgan fingerprint density at radius 2 is 1.82 bits per heavy atom. The van der Waals surface area contributed by atoms with Gasteiger partial charge in [-0.15, -0.1) is 0 Å². The third kappa shape index (κ3) is 4.79. The Kier molecular flexibility index (Phi) is 6.15. The van der Waals surface area contributed by atoms with Gasteiger partial charge in [-0.1, -0.05) is 35.9 Å². The molecule has 9 heteroatoms. The molecule has 1 heterocycles. The van der Waals surface area contributed by atoms with Gasteiger partial charge in [0.15, 0.2) is 0 Å². The van der Waals surface area contributed by atoms with Crippen molar-refractivity contribution in [2.45, 2.75) is 18.4 Å². The predicted octanol–water partition coefficient (Wildman–Crippen LogP) is 3.94. The number of rotatable bonds is 7. The van der Waals surface area contributed by atoms with Crippen LogP contribution in [-0.4, -0.2) is 25.5 Å². The van der Waals surface area contributed by atoms with E-state index < -0.39 is 10.0 Å². The number of hydrogen-bond donors (Lipinski definition) is 1. The molecule has 0 bridgehead atoms. The number of aromatic nitrogens is 2. The highest BCUT2D eigenvalue weighted by Crippen LogP contribution is 2.27. The van der Waals surface area contributed by atoms with Gasteiger partial charge in [-0.25, -0.2) is 18.4 Å². The van der Waals surface area contributed by atoms with Crippen molar-refractivity contribution < 1.29 is 17.9 Å². The smallest absolute Gasteiger partial charge is 0.263 e. The van der Waals surface area contributed by atoms with Gasteiger partial charge in [0.1, 0.15) is 17.0 Å². The number of aryl methyl sites for hydroxylation is 1. The molecule has 0 atom stereocenters. The molecular weight excluding hydrogens is 446 g/mol. The van der Waals surface area contributed by atoms with Gasteiger partial charge in [-0.3, -0.25) is 4.72 Å². The molecule has 0 saturated carbocycles. The Bertz CT molecular complexity index is 1070. The molecule has 0 unspecified atom stereocenters. The number of anilines is 1. The lowest BCUT2D eigenvalue weighted by molar-refractivity contribution is 0.286. The van der Waals surface area contributed by atoms with Crippen LogP contribution < -0.4 is 14.2 Å². The Balaban J connectivity index is 1.85. The van der Waals surface area contributed by atoms with E-state index in [1.165, 1.54) is 18.3 Å². The molecule has 7 nitrogen and oxygen atoms in total. The fourth-order valence-corrected chi connectivity index (χ4v) is 3.66. The molecule has 1 N–H and O–H groups in total. The summed E-state index contributed by atoms with van der Waals surface area (Å²) in [4.78, 5) is 8.43. The molecule has 0 fully saturated rings. The number of nitrogens with one attached hydrogen (secondary N) is 1. The molecule has 28 heavy (non-hydrogen) atoms. The standard InChI is InChI=1S/C19H18BrN3O4S/c1-13-7-9-15(10-8-13)28(24,25)23-18-19(22-17(20)11-21-18)27-12-14-5-3-4-6-16(14)26-2/h3-11H,12H2,1-2H3,(H,21,23). The van der Waals surface area contributed by atoms with Crippen LogP contribution in [0.4, 0.5) is 5.82 Å². The van der Waals surface area contributed by atoms with Crippen LogP contribution in [0.25, 0.3) is 0 Å². The van der Waals surface area contributed by atoms with Gasteiger partial charge in [0.2, 0.25) is 5.82 Å². The van der Waals surface area contributed by atoms with Crippen molar-refractivity contribution in [3.8, 4) is 11.6 Å². The molecule has 0 saturated heterocycles. The number of methoxy groups -OCH3 is 1. The monoisotopic (exact) mass is 463 g/mol. The summed E-state index contributed by atoms with van der Waals surface area (Å²) in [6.45, 7) is 2.02. The minimum Gasteiger partial charge on any atom is -0.496 e. The largest absolute Gasteiger partial charge is 0.496 e. The lowest BCUT2D eigenvalue weighted by atomic mass is 10.2. The van der Waals surface area contributed by atoms with Gasteiger partial charge in [0.05, 0.1) is 18.2 Å². The summed E-state index contributed by atoms with van der Waals surface area (Å²) in [6, 6.07) is 13.9. The zero-order valence-corrected chi connectivity index (χ0v) is 17.6. The molecule has 3 aromatic rings. The second kappa shape index (κ2) is 8.57. The number of hydrogen-bond acceptors (Lipinski definition) is 6. The second-order valence-corrected chi connectivity index (χ2v) is 8.36. The van der Waals surface area contributed by atoms with E-state index >= 15 is 0 Å². The summed E-state index contributed by atoms with van der Waals surface area (Å²) < 4.78 is 39.2. The van der Waals surface area contributed by atoms with Crippen molar-refractivity contribution >= 4 is 31.8 Å². The van der Waals surface area contributed by atoms with E-state index in [9.17, 15) is 8.42 Å². The molecule has 0 amide bonds. The van der Waals surface area contributed by atoms with Crippen molar-refractivity contribution in [2.24, 2.45) is 0 Å². The first kappa shape index (κ1) is 20.1. The van der Waals surface area contributed by atoms with Gasteiger partial charge in [-0.05, 0) is 41.1 Å². The van der Waals surface area contributed by atoms with Crippen LogP contribution in [0.2, 0.25) is 0 Å². The number of benzene rings is 2. The maximum Gasteiger partial charge on any atom is 0.263 e. The van der Waals surface area contributed by atoms with E-state index in [1.54, 1.807) is 19.2 Å². The van der Waals surface area contributed by atoms with Crippen LogP contribution in [0.1, 0.15) is 11.1 Å². The number of sulfonamides is 1. The molecule has 2 aromatic carbocycles. The maximum absolute atomic E-state index is 12.7. The Hall–Kier alpha value is -2.65. The van der Waals surface area contributed by atoms with Crippen molar-refractivity contribution in [1.29, 1.82) is 0 Å². The summed E-state index contributed by atoms with van der Waals surface area (Å²) >= 11 is 3.23. The van der Waals surface area contributed by atoms with Gasteiger partial charge in [0.25, 0.3) is 15.9 Å². The number of nitrogens with zero attached hydrogens (tertiary/aromatic N) is 2. The number of para-hydroxylation sites is 1. The summed E-state index contributed by atoms with van der Waals surface area (Å²) in [6.07, 6.45) is 1.39. The summed E-state index contributed by atoms with van der Waals surface area (Å²) in [5.41, 5.74) is 1.75. The van der Waals surface area contributed by atoms with E-state index in [0.29, 0.717) is 10.4 Å².